The van der Waals surface area contributed by atoms with Gasteiger partial charge in [0.25, 0.3) is 0 Å². The molecule has 0 aliphatic carbocycles. The topological polar surface area (TPSA) is 58.1 Å². The third-order valence-corrected chi connectivity index (χ3v) is 5.86. The molecule has 1 aromatic carbocycles. The predicted octanol–water partition coefficient (Wildman–Crippen LogP) is 4.71. The molecule has 1 amide bonds. The summed E-state index contributed by atoms with van der Waals surface area (Å²) in [5.41, 5.74) is 2.10. The summed E-state index contributed by atoms with van der Waals surface area (Å²) in [5, 5.41) is 3.79. The van der Waals surface area contributed by atoms with Crippen molar-refractivity contribution >= 4 is 29.2 Å². The lowest BCUT2D eigenvalue weighted by Gasteiger charge is -2.34. The van der Waals surface area contributed by atoms with Gasteiger partial charge in [-0.25, -0.2) is 9.97 Å². The second-order valence-corrected chi connectivity index (χ2v) is 8.36. The lowest BCUT2D eigenvalue weighted by molar-refractivity contribution is -0.113. The second kappa shape index (κ2) is 9.22. The number of hydrogen-bond donors (Lipinski definition) is 1. The standard InChI is InChI=1S/C21H28N4OS/c1-15(2)17-7-9-18(10-8-17)24-20(26)13-27-21-12-19(22-14-23-21)25-11-5-4-6-16(25)3/h7-10,12,14-16H,4-6,11,13H2,1-3H3,(H,24,26)/t16-/m0/s1. The van der Waals surface area contributed by atoms with Gasteiger partial charge in [-0.05, 0) is 49.8 Å². The van der Waals surface area contributed by atoms with E-state index in [2.05, 4.69) is 53.1 Å². The molecule has 3 rings (SSSR count). The summed E-state index contributed by atoms with van der Waals surface area (Å²) in [6, 6.07) is 10.5. The molecular weight excluding hydrogens is 356 g/mol. The van der Waals surface area contributed by atoms with Crippen molar-refractivity contribution in [1.29, 1.82) is 0 Å². The van der Waals surface area contributed by atoms with E-state index in [9.17, 15) is 4.79 Å². The van der Waals surface area contributed by atoms with E-state index in [1.54, 1.807) is 6.33 Å². The zero-order valence-corrected chi connectivity index (χ0v) is 17.1. The fourth-order valence-corrected chi connectivity index (χ4v) is 3.95. The maximum Gasteiger partial charge on any atom is 0.234 e. The fourth-order valence-electron chi connectivity index (χ4n) is 3.29. The Morgan fingerprint density at radius 1 is 1.26 bits per heavy atom. The number of nitrogens with zero attached hydrogens (tertiary/aromatic N) is 3. The van der Waals surface area contributed by atoms with Crippen molar-refractivity contribution in [2.24, 2.45) is 0 Å². The molecule has 1 saturated heterocycles. The number of benzene rings is 1. The van der Waals surface area contributed by atoms with Gasteiger partial charge in [0.05, 0.1) is 5.75 Å². The van der Waals surface area contributed by atoms with E-state index in [-0.39, 0.29) is 5.91 Å². The van der Waals surface area contributed by atoms with E-state index in [4.69, 9.17) is 0 Å². The monoisotopic (exact) mass is 384 g/mol. The summed E-state index contributed by atoms with van der Waals surface area (Å²) in [6.07, 6.45) is 5.28. The minimum absolute atomic E-state index is 0.0243. The molecule has 0 radical (unpaired) electrons. The lowest BCUT2D eigenvalue weighted by atomic mass is 10.0. The average Bonchev–Trinajstić information content (AvgIpc) is 2.67. The number of aromatic nitrogens is 2. The highest BCUT2D eigenvalue weighted by Crippen LogP contribution is 2.25. The van der Waals surface area contributed by atoms with Gasteiger partial charge in [0.2, 0.25) is 5.91 Å². The molecule has 1 aliphatic heterocycles. The van der Waals surface area contributed by atoms with E-state index in [1.165, 1.54) is 36.6 Å². The van der Waals surface area contributed by atoms with Crippen molar-refractivity contribution in [2.45, 2.75) is 57.0 Å². The Kier molecular flexibility index (Phi) is 6.72. The molecule has 144 valence electrons. The Balaban J connectivity index is 1.55. The first kappa shape index (κ1) is 19.7. The van der Waals surface area contributed by atoms with Crippen LogP contribution in [0.2, 0.25) is 0 Å². The number of amides is 1. The lowest BCUT2D eigenvalue weighted by Crippen LogP contribution is -2.38. The zero-order chi connectivity index (χ0) is 19.2. The van der Waals surface area contributed by atoms with Crippen LogP contribution in [0.3, 0.4) is 0 Å². The third kappa shape index (κ3) is 5.45. The SMILES string of the molecule is CC(C)c1ccc(NC(=O)CSc2cc(N3CCCC[C@@H]3C)ncn2)cc1. The van der Waals surface area contributed by atoms with Gasteiger partial charge in [-0.1, -0.05) is 37.7 Å². The molecule has 0 saturated carbocycles. The third-order valence-electron chi connectivity index (χ3n) is 4.94. The van der Waals surface area contributed by atoms with Crippen LogP contribution < -0.4 is 10.2 Å². The largest absolute Gasteiger partial charge is 0.354 e. The normalized spacial score (nSPS) is 17.2. The number of piperidine rings is 1. The predicted molar refractivity (Wildman–Crippen MR) is 113 cm³/mol. The number of anilines is 2. The van der Waals surface area contributed by atoms with Crippen LogP contribution >= 0.6 is 11.8 Å². The number of carbonyl (C=O) groups excluding carboxylic acids is 1. The Morgan fingerprint density at radius 2 is 2.04 bits per heavy atom. The molecule has 5 nitrogen and oxygen atoms in total. The quantitative estimate of drug-likeness (QED) is 0.577. The van der Waals surface area contributed by atoms with Gasteiger partial charge in [0, 0.05) is 24.3 Å². The first-order valence-electron chi connectivity index (χ1n) is 9.64. The first-order valence-corrected chi connectivity index (χ1v) is 10.6. The molecule has 1 fully saturated rings. The van der Waals surface area contributed by atoms with Crippen LogP contribution in [-0.4, -0.2) is 34.2 Å². The van der Waals surface area contributed by atoms with E-state index in [0.717, 1.165) is 23.1 Å². The smallest absolute Gasteiger partial charge is 0.234 e. The summed E-state index contributed by atoms with van der Waals surface area (Å²) < 4.78 is 0. The zero-order valence-electron chi connectivity index (χ0n) is 16.3. The Morgan fingerprint density at radius 3 is 2.74 bits per heavy atom. The van der Waals surface area contributed by atoms with Crippen LogP contribution in [0.15, 0.2) is 41.7 Å². The molecule has 27 heavy (non-hydrogen) atoms. The molecule has 0 spiro atoms. The number of thioether (sulfide) groups is 1. The Labute approximate surface area is 166 Å². The summed E-state index contributed by atoms with van der Waals surface area (Å²) in [6.45, 7) is 7.59. The summed E-state index contributed by atoms with van der Waals surface area (Å²) in [4.78, 5) is 23.3. The van der Waals surface area contributed by atoms with Crippen molar-refractivity contribution in [3.05, 3.63) is 42.2 Å². The van der Waals surface area contributed by atoms with E-state index >= 15 is 0 Å². The van der Waals surface area contributed by atoms with Gasteiger partial charge in [-0.3, -0.25) is 4.79 Å². The minimum atomic E-state index is -0.0243. The van der Waals surface area contributed by atoms with Gasteiger partial charge in [0.15, 0.2) is 0 Å². The highest BCUT2D eigenvalue weighted by atomic mass is 32.2. The van der Waals surface area contributed by atoms with Crippen LogP contribution in [-0.2, 0) is 4.79 Å². The van der Waals surface area contributed by atoms with Crippen molar-refractivity contribution < 1.29 is 4.79 Å². The highest BCUT2D eigenvalue weighted by molar-refractivity contribution is 7.99. The van der Waals surface area contributed by atoms with Gasteiger partial charge in [-0.15, -0.1) is 0 Å². The van der Waals surface area contributed by atoms with E-state index in [0.29, 0.717) is 17.7 Å². The molecule has 6 heteroatoms. The van der Waals surface area contributed by atoms with Crippen LogP contribution in [0, 0.1) is 0 Å². The second-order valence-electron chi connectivity index (χ2n) is 7.37. The van der Waals surface area contributed by atoms with E-state index in [1.807, 2.05) is 18.2 Å². The number of rotatable bonds is 6. The van der Waals surface area contributed by atoms with Crippen molar-refractivity contribution in [3.8, 4) is 0 Å². The first-order chi connectivity index (χ1) is 13.0. The molecular formula is C21H28N4OS. The molecule has 2 heterocycles. The summed E-state index contributed by atoms with van der Waals surface area (Å²) >= 11 is 1.45. The molecule has 1 N–H and O–H groups in total. The van der Waals surface area contributed by atoms with Crippen molar-refractivity contribution in [1.82, 2.24) is 9.97 Å². The highest BCUT2D eigenvalue weighted by Gasteiger charge is 2.20. The number of nitrogens with one attached hydrogen (secondary N) is 1. The molecule has 0 bridgehead atoms. The summed E-state index contributed by atoms with van der Waals surface area (Å²) in [5.74, 6) is 1.76. The Bertz CT molecular complexity index is 763. The molecule has 0 unspecified atom stereocenters. The van der Waals surface area contributed by atoms with Gasteiger partial charge < -0.3 is 10.2 Å². The van der Waals surface area contributed by atoms with Gasteiger partial charge >= 0.3 is 0 Å². The fraction of sp³-hybridized carbons (Fsp3) is 0.476. The molecule has 1 aromatic heterocycles. The van der Waals surface area contributed by atoms with Crippen molar-refractivity contribution in [3.63, 3.8) is 0 Å². The Hall–Kier alpha value is -2.08. The van der Waals surface area contributed by atoms with Crippen LogP contribution in [0.4, 0.5) is 11.5 Å². The minimum Gasteiger partial charge on any atom is -0.354 e. The maximum atomic E-state index is 12.3. The van der Waals surface area contributed by atoms with Crippen LogP contribution in [0.25, 0.3) is 0 Å². The average molecular weight is 385 g/mol. The van der Waals surface area contributed by atoms with Crippen LogP contribution in [0.1, 0.15) is 51.5 Å². The molecule has 1 atom stereocenters. The van der Waals surface area contributed by atoms with E-state index < -0.39 is 0 Å². The maximum absolute atomic E-state index is 12.3. The summed E-state index contributed by atoms with van der Waals surface area (Å²) in [7, 11) is 0. The molecule has 2 aromatic rings. The number of hydrogen-bond acceptors (Lipinski definition) is 5. The molecule has 1 aliphatic rings. The van der Waals surface area contributed by atoms with Gasteiger partial charge in [0.1, 0.15) is 17.2 Å². The van der Waals surface area contributed by atoms with Crippen LogP contribution in [0.5, 0.6) is 0 Å². The van der Waals surface area contributed by atoms with Crippen molar-refractivity contribution in [2.75, 3.05) is 22.5 Å². The van der Waals surface area contributed by atoms with Gasteiger partial charge in [-0.2, -0.15) is 0 Å². The number of carbonyl (C=O) groups is 1.